The number of nitrogens with zero attached hydrogens (tertiary/aromatic N) is 1. The second-order valence-electron chi connectivity index (χ2n) is 3.98. The number of nitrogens with one attached hydrogen (secondary N) is 1. The van der Waals surface area contributed by atoms with E-state index in [1.807, 2.05) is 0 Å². The first kappa shape index (κ1) is 15.0. The minimum Gasteiger partial charge on any atom is -0.277 e. The Balaban J connectivity index is 2.44. The third-order valence-electron chi connectivity index (χ3n) is 2.47. The van der Waals surface area contributed by atoms with Crippen LogP contribution in [0.1, 0.15) is 5.56 Å². The van der Waals surface area contributed by atoms with Crippen LogP contribution in [0, 0.1) is 12.7 Å². The zero-order chi connectivity index (χ0) is 14.9. The molecule has 8 heteroatoms. The van der Waals surface area contributed by atoms with E-state index in [4.69, 9.17) is 23.2 Å². The lowest BCUT2D eigenvalue weighted by Gasteiger charge is -2.11. The van der Waals surface area contributed by atoms with Crippen molar-refractivity contribution >= 4 is 38.9 Å². The summed E-state index contributed by atoms with van der Waals surface area (Å²) in [5.41, 5.74) is 0.760. The Hall–Kier alpha value is -1.37. The molecule has 0 fully saturated rings. The molecule has 0 unspecified atom stereocenters. The van der Waals surface area contributed by atoms with E-state index in [9.17, 15) is 12.8 Å². The summed E-state index contributed by atoms with van der Waals surface area (Å²) in [5, 5.41) is -0.201. The van der Waals surface area contributed by atoms with E-state index in [-0.39, 0.29) is 10.7 Å². The third kappa shape index (κ3) is 3.03. The highest BCUT2D eigenvalue weighted by Gasteiger charge is 2.21. The Morgan fingerprint density at radius 2 is 1.95 bits per heavy atom. The summed E-state index contributed by atoms with van der Waals surface area (Å²) in [6, 6.07) is 5.17. The number of hydrogen-bond donors (Lipinski definition) is 1. The molecule has 1 heterocycles. The van der Waals surface area contributed by atoms with Crippen LogP contribution in [0.15, 0.2) is 35.5 Å². The Kier molecular flexibility index (Phi) is 4.17. The van der Waals surface area contributed by atoms with Crippen LogP contribution in [-0.2, 0) is 10.0 Å². The van der Waals surface area contributed by atoms with Crippen LogP contribution < -0.4 is 4.72 Å². The van der Waals surface area contributed by atoms with Crippen LogP contribution in [0.3, 0.4) is 0 Å². The highest BCUT2D eigenvalue weighted by atomic mass is 35.5. The van der Waals surface area contributed by atoms with Crippen LogP contribution in [0.5, 0.6) is 0 Å². The third-order valence-corrected chi connectivity index (χ3v) is 4.49. The lowest BCUT2D eigenvalue weighted by Crippen LogP contribution is -2.16. The molecule has 0 aliphatic heterocycles. The van der Waals surface area contributed by atoms with Gasteiger partial charge in [-0.1, -0.05) is 23.2 Å². The quantitative estimate of drug-likeness (QED) is 0.932. The molecule has 0 atom stereocenters. The van der Waals surface area contributed by atoms with E-state index in [0.717, 1.165) is 6.07 Å². The Labute approximate surface area is 125 Å². The average Bonchev–Trinajstić information content (AvgIpc) is 2.36. The van der Waals surface area contributed by atoms with Crippen LogP contribution >= 0.6 is 23.2 Å². The summed E-state index contributed by atoms with van der Waals surface area (Å²) in [4.78, 5) is 3.51. The number of aromatic nitrogens is 1. The Morgan fingerprint density at radius 1 is 1.25 bits per heavy atom. The number of aryl methyl sites for hydroxylation is 1. The molecule has 1 N–H and O–H groups in total. The molecule has 1 aromatic heterocycles. The van der Waals surface area contributed by atoms with Crippen LogP contribution in [0.25, 0.3) is 0 Å². The molecule has 2 aromatic rings. The molecule has 4 nitrogen and oxygen atoms in total. The van der Waals surface area contributed by atoms with E-state index in [0.29, 0.717) is 10.6 Å². The first-order valence-corrected chi connectivity index (χ1v) is 7.64. The minimum absolute atomic E-state index is 0.0623. The number of benzene rings is 1. The predicted octanol–water partition coefficient (Wildman–Crippen LogP) is 3.64. The van der Waals surface area contributed by atoms with E-state index < -0.39 is 20.9 Å². The summed E-state index contributed by atoms with van der Waals surface area (Å²) >= 11 is 11.8. The van der Waals surface area contributed by atoms with Crippen molar-refractivity contribution in [2.75, 3.05) is 4.72 Å². The van der Waals surface area contributed by atoms with Gasteiger partial charge < -0.3 is 0 Å². The number of halogens is 3. The first-order valence-electron chi connectivity index (χ1n) is 5.40. The monoisotopic (exact) mass is 334 g/mol. The second-order valence-corrected chi connectivity index (χ2v) is 6.39. The normalized spacial score (nSPS) is 11.4. The van der Waals surface area contributed by atoms with Gasteiger partial charge in [-0.2, -0.15) is 8.42 Å². The van der Waals surface area contributed by atoms with Crippen molar-refractivity contribution in [2.45, 2.75) is 11.9 Å². The topological polar surface area (TPSA) is 59.1 Å². The molecule has 2 rings (SSSR count). The van der Waals surface area contributed by atoms with Crippen molar-refractivity contribution < 1.29 is 12.8 Å². The molecule has 0 bridgehead atoms. The van der Waals surface area contributed by atoms with E-state index in [1.165, 1.54) is 24.4 Å². The van der Waals surface area contributed by atoms with Crippen molar-refractivity contribution in [1.82, 2.24) is 4.98 Å². The van der Waals surface area contributed by atoms with Gasteiger partial charge in [0.15, 0.2) is 5.82 Å². The summed E-state index contributed by atoms with van der Waals surface area (Å²) in [6.45, 7) is 1.73. The maximum absolute atomic E-state index is 13.5. The number of anilines is 1. The highest BCUT2D eigenvalue weighted by molar-refractivity contribution is 7.92. The number of rotatable bonds is 3. The van der Waals surface area contributed by atoms with Gasteiger partial charge in [-0.25, -0.2) is 9.37 Å². The lowest BCUT2D eigenvalue weighted by atomic mass is 10.2. The van der Waals surface area contributed by atoms with Crippen molar-refractivity contribution in [3.63, 3.8) is 0 Å². The van der Waals surface area contributed by atoms with E-state index in [1.54, 1.807) is 6.92 Å². The molecule has 106 valence electrons. The molecule has 20 heavy (non-hydrogen) atoms. The highest BCUT2D eigenvalue weighted by Crippen LogP contribution is 2.30. The molecular weight excluding hydrogens is 326 g/mol. The molecule has 0 aliphatic rings. The fourth-order valence-electron chi connectivity index (χ4n) is 1.49. The molecular formula is C12H9Cl2FN2O2S. The molecule has 0 spiro atoms. The molecule has 0 amide bonds. The van der Waals surface area contributed by atoms with Gasteiger partial charge in [-0.05, 0) is 36.8 Å². The van der Waals surface area contributed by atoms with Gasteiger partial charge in [0.05, 0.1) is 10.7 Å². The summed E-state index contributed by atoms with van der Waals surface area (Å²) in [7, 11) is -4.18. The SMILES string of the molecule is Cc1cc(Cl)c(NS(=O)(=O)c2ncccc2F)cc1Cl. The van der Waals surface area contributed by atoms with Crippen LogP contribution in [-0.4, -0.2) is 13.4 Å². The van der Waals surface area contributed by atoms with Crippen molar-refractivity contribution in [3.05, 3.63) is 51.9 Å². The molecule has 0 saturated carbocycles. The molecule has 0 radical (unpaired) electrons. The zero-order valence-corrected chi connectivity index (χ0v) is 12.5. The minimum atomic E-state index is -4.18. The summed E-state index contributed by atoms with van der Waals surface area (Å²) in [6.07, 6.45) is 1.18. The molecule has 1 aromatic carbocycles. The number of sulfonamides is 1. The second kappa shape index (κ2) is 5.55. The maximum atomic E-state index is 13.5. The van der Waals surface area contributed by atoms with Gasteiger partial charge in [-0.3, -0.25) is 4.72 Å². The Morgan fingerprint density at radius 3 is 2.60 bits per heavy atom. The first-order chi connectivity index (χ1) is 9.31. The Bertz CT molecular complexity index is 766. The lowest BCUT2D eigenvalue weighted by molar-refractivity contribution is 0.557. The zero-order valence-electron chi connectivity index (χ0n) is 10.2. The van der Waals surface area contributed by atoms with Crippen molar-refractivity contribution in [1.29, 1.82) is 0 Å². The van der Waals surface area contributed by atoms with Gasteiger partial charge >= 0.3 is 0 Å². The van der Waals surface area contributed by atoms with Crippen molar-refractivity contribution in [2.24, 2.45) is 0 Å². The molecule has 0 saturated heterocycles. The summed E-state index contributed by atoms with van der Waals surface area (Å²) in [5.74, 6) is -0.950. The van der Waals surface area contributed by atoms with Gasteiger partial charge in [0.1, 0.15) is 0 Å². The molecule has 0 aliphatic carbocycles. The average molecular weight is 335 g/mol. The van der Waals surface area contributed by atoms with Crippen LogP contribution in [0.2, 0.25) is 10.0 Å². The fourth-order valence-corrected chi connectivity index (χ4v) is 3.05. The fraction of sp³-hybridized carbons (Fsp3) is 0.0833. The standard InChI is InChI=1S/C12H9Cl2FN2O2S/c1-7-5-9(14)11(6-8(7)13)17-20(18,19)12-10(15)3-2-4-16-12/h2-6,17H,1H3. The smallest absolute Gasteiger partial charge is 0.277 e. The number of hydrogen-bond acceptors (Lipinski definition) is 3. The summed E-state index contributed by atoms with van der Waals surface area (Å²) < 4.78 is 39.8. The van der Waals surface area contributed by atoms with E-state index >= 15 is 0 Å². The predicted molar refractivity (Wildman–Crippen MR) is 76.2 cm³/mol. The van der Waals surface area contributed by atoms with E-state index in [2.05, 4.69) is 9.71 Å². The van der Waals surface area contributed by atoms with Gasteiger partial charge in [0.2, 0.25) is 5.03 Å². The van der Waals surface area contributed by atoms with Gasteiger partial charge in [0.25, 0.3) is 10.0 Å². The number of pyridine rings is 1. The maximum Gasteiger partial charge on any atom is 0.282 e. The van der Waals surface area contributed by atoms with Crippen molar-refractivity contribution in [3.8, 4) is 0 Å². The van der Waals surface area contributed by atoms with Gasteiger partial charge in [-0.15, -0.1) is 0 Å². The largest absolute Gasteiger partial charge is 0.282 e. The van der Waals surface area contributed by atoms with Gasteiger partial charge in [0, 0.05) is 11.2 Å². The van der Waals surface area contributed by atoms with Crippen LogP contribution in [0.4, 0.5) is 10.1 Å².